The molecule has 14 heteroatoms. The lowest BCUT2D eigenvalue weighted by atomic mass is 10.1. The molecule has 2 fully saturated rings. The van der Waals surface area contributed by atoms with Crippen LogP contribution in [0, 0.1) is 0 Å². The lowest BCUT2D eigenvalue weighted by Gasteiger charge is -2.25. The van der Waals surface area contributed by atoms with Crippen molar-refractivity contribution in [3.8, 4) is 0 Å². The van der Waals surface area contributed by atoms with E-state index in [9.17, 15) is 4.57 Å². The zero-order chi connectivity index (χ0) is 21.1. The van der Waals surface area contributed by atoms with Crippen LogP contribution >= 0.6 is 23.8 Å². The Balaban J connectivity index is 1.74. The SMILES string of the molecule is CN(C)c1ncnc2c1nc(Br)n2[C@@H]1O[C@H](COP(=O)(O)O)[C@H]2OC(C)(C)O[C@H]21. The first-order chi connectivity index (χ1) is 13.5. The van der Waals surface area contributed by atoms with Crippen molar-refractivity contribution in [1.29, 1.82) is 0 Å². The van der Waals surface area contributed by atoms with E-state index in [1.54, 1.807) is 18.4 Å². The number of rotatable bonds is 5. The van der Waals surface area contributed by atoms with Gasteiger partial charge in [0.15, 0.2) is 33.7 Å². The van der Waals surface area contributed by atoms with E-state index in [0.717, 1.165) is 0 Å². The third kappa shape index (κ3) is 3.93. The first-order valence-corrected chi connectivity index (χ1v) is 11.1. The molecule has 0 saturated carbocycles. The van der Waals surface area contributed by atoms with Crippen LogP contribution in [0.1, 0.15) is 20.1 Å². The molecule has 0 bridgehead atoms. The molecule has 29 heavy (non-hydrogen) atoms. The number of aromatic nitrogens is 4. The van der Waals surface area contributed by atoms with Gasteiger partial charge in [-0.25, -0.2) is 19.5 Å². The monoisotopic (exact) mass is 493 g/mol. The first kappa shape index (κ1) is 21.1. The van der Waals surface area contributed by atoms with Crippen molar-refractivity contribution >= 4 is 40.7 Å². The largest absolute Gasteiger partial charge is 0.469 e. The predicted molar refractivity (Wildman–Crippen MR) is 103 cm³/mol. The van der Waals surface area contributed by atoms with Gasteiger partial charge in [0.1, 0.15) is 24.6 Å². The quantitative estimate of drug-likeness (QED) is 0.457. The maximum atomic E-state index is 11.1. The molecule has 2 saturated heterocycles. The summed E-state index contributed by atoms with van der Waals surface area (Å²) >= 11 is 3.45. The number of nitrogens with zero attached hydrogens (tertiary/aromatic N) is 5. The standard InChI is InChI=1S/C15H21BrN5O7P/c1-15(2)27-9-7(5-25-29(22,23)24)26-13(10(9)28-15)21-12-8(19-14(21)16)11(20(3)4)17-6-18-12/h6-7,9-10,13H,5H2,1-4H3,(H2,22,23,24)/t7-,9-,10-,13-/m1/s1. The molecule has 2 aromatic heterocycles. The number of fused-ring (bicyclic) bond motifs is 2. The van der Waals surface area contributed by atoms with Gasteiger partial charge in [0.25, 0.3) is 0 Å². The molecule has 4 rings (SSSR count). The van der Waals surface area contributed by atoms with Gasteiger partial charge in [-0.3, -0.25) is 9.09 Å². The number of hydrogen-bond donors (Lipinski definition) is 2. The fourth-order valence-corrected chi connectivity index (χ4v) is 4.48. The molecule has 160 valence electrons. The molecule has 0 amide bonds. The summed E-state index contributed by atoms with van der Waals surface area (Å²) < 4.78 is 36.0. The molecule has 2 N–H and O–H groups in total. The highest BCUT2D eigenvalue weighted by molar-refractivity contribution is 9.10. The van der Waals surface area contributed by atoms with Crippen molar-refractivity contribution < 1.29 is 33.1 Å². The second-order valence-corrected chi connectivity index (χ2v) is 9.38. The fourth-order valence-electron chi connectivity index (χ4n) is 3.59. The average molecular weight is 494 g/mol. The van der Waals surface area contributed by atoms with Crippen molar-refractivity contribution in [2.75, 3.05) is 25.6 Å². The Labute approximate surface area is 174 Å². The number of phosphoric ester groups is 1. The second kappa shape index (κ2) is 7.20. The Morgan fingerprint density at radius 3 is 2.66 bits per heavy atom. The van der Waals surface area contributed by atoms with E-state index < -0.39 is 38.1 Å². The van der Waals surface area contributed by atoms with Crippen LogP contribution in [0.5, 0.6) is 0 Å². The van der Waals surface area contributed by atoms with Crippen LogP contribution in [0.2, 0.25) is 0 Å². The van der Waals surface area contributed by atoms with Crippen LogP contribution in [0.25, 0.3) is 11.2 Å². The lowest BCUT2D eigenvalue weighted by molar-refractivity contribution is -0.199. The van der Waals surface area contributed by atoms with Gasteiger partial charge >= 0.3 is 7.82 Å². The Morgan fingerprint density at radius 2 is 2.00 bits per heavy atom. The third-order valence-electron chi connectivity index (χ3n) is 4.63. The topological polar surface area (TPSA) is 141 Å². The number of phosphoric acid groups is 1. The summed E-state index contributed by atoms with van der Waals surface area (Å²) in [6.07, 6.45) is -1.21. The van der Waals surface area contributed by atoms with Crippen molar-refractivity contribution in [1.82, 2.24) is 19.5 Å². The van der Waals surface area contributed by atoms with E-state index in [2.05, 4.69) is 35.4 Å². The fraction of sp³-hybridized carbons (Fsp3) is 0.667. The highest BCUT2D eigenvalue weighted by Crippen LogP contribution is 2.46. The van der Waals surface area contributed by atoms with Gasteiger partial charge in [-0.2, -0.15) is 0 Å². The zero-order valence-electron chi connectivity index (χ0n) is 16.1. The van der Waals surface area contributed by atoms with E-state index in [-0.39, 0.29) is 6.61 Å². The molecule has 2 aliphatic rings. The normalized spacial score (nSPS) is 28.8. The van der Waals surface area contributed by atoms with Crippen LogP contribution < -0.4 is 4.90 Å². The molecule has 2 aliphatic heterocycles. The van der Waals surface area contributed by atoms with Crippen LogP contribution in [0.4, 0.5) is 5.82 Å². The van der Waals surface area contributed by atoms with E-state index in [4.69, 9.17) is 24.0 Å². The maximum Gasteiger partial charge on any atom is 0.469 e. The average Bonchev–Trinajstić information content (AvgIpc) is 3.19. The Hall–Kier alpha value is -1.18. The lowest BCUT2D eigenvalue weighted by Crippen LogP contribution is -2.32. The van der Waals surface area contributed by atoms with Crippen LogP contribution in [0.3, 0.4) is 0 Å². The molecular weight excluding hydrogens is 473 g/mol. The van der Waals surface area contributed by atoms with Gasteiger partial charge < -0.3 is 28.9 Å². The van der Waals surface area contributed by atoms with Crippen LogP contribution in [-0.2, 0) is 23.3 Å². The highest BCUT2D eigenvalue weighted by atomic mass is 79.9. The number of imidazole rings is 1. The minimum absolute atomic E-state index is 0.358. The van der Waals surface area contributed by atoms with Crippen molar-refractivity contribution in [2.45, 2.75) is 44.2 Å². The molecule has 0 spiro atoms. The summed E-state index contributed by atoms with van der Waals surface area (Å²) in [4.78, 5) is 33.1. The highest BCUT2D eigenvalue weighted by Gasteiger charge is 2.56. The van der Waals surface area contributed by atoms with Crippen molar-refractivity contribution in [3.63, 3.8) is 0 Å². The van der Waals surface area contributed by atoms with E-state index in [1.807, 2.05) is 19.0 Å². The third-order valence-corrected chi connectivity index (χ3v) is 5.67. The number of hydrogen-bond acceptors (Lipinski definition) is 9. The molecular formula is C15H21BrN5O7P. The van der Waals surface area contributed by atoms with Crippen molar-refractivity contribution in [3.05, 3.63) is 11.1 Å². The maximum absolute atomic E-state index is 11.1. The summed E-state index contributed by atoms with van der Waals surface area (Å²) in [5.41, 5.74) is 1.09. The van der Waals surface area contributed by atoms with Gasteiger partial charge in [0, 0.05) is 14.1 Å². The van der Waals surface area contributed by atoms with Gasteiger partial charge in [-0.15, -0.1) is 0 Å². The van der Waals surface area contributed by atoms with Crippen LogP contribution in [0.15, 0.2) is 11.1 Å². The Kier molecular flexibility index (Phi) is 5.23. The Bertz CT molecular complexity index is 979. The van der Waals surface area contributed by atoms with Gasteiger partial charge in [0.2, 0.25) is 0 Å². The van der Waals surface area contributed by atoms with E-state index in [1.165, 1.54) is 6.33 Å². The summed E-state index contributed by atoms with van der Waals surface area (Å²) in [7, 11) is -0.964. The molecule has 0 aliphatic carbocycles. The van der Waals surface area contributed by atoms with E-state index >= 15 is 0 Å². The number of ether oxygens (including phenoxy) is 3. The molecule has 0 aromatic carbocycles. The smallest absolute Gasteiger partial charge is 0.361 e. The summed E-state index contributed by atoms with van der Waals surface area (Å²) in [6, 6.07) is 0. The molecule has 2 aromatic rings. The van der Waals surface area contributed by atoms with Crippen LogP contribution in [-0.4, -0.2) is 74.1 Å². The predicted octanol–water partition coefficient (Wildman–Crippen LogP) is 1.18. The summed E-state index contributed by atoms with van der Waals surface area (Å²) in [5, 5.41) is 0. The molecule has 0 radical (unpaired) electrons. The summed E-state index contributed by atoms with van der Waals surface area (Å²) in [5.74, 6) is -0.265. The van der Waals surface area contributed by atoms with Crippen molar-refractivity contribution in [2.24, 2.45) is 0 Å². The first-order valence-electron chi connectivity index (χ1n) is 8.74. The summed E-state index contributed by atoms with van der Waals surface area (Å²) in [6.45, 7) is 3.16. The minimum atomic E-state index is -4.66. The zero-order valence-corrected chi connectivity index (χ0v) is 18.6. The van der Waals surface area contributed by atoms with E-state index in [0.29, 0.717) is 21.7 Å². The number of halogens is 1. The van der Waals surface area contributed by atoms with Gasteiger partial charge in [-0.1, -0.05) is 0 Å². The minimum Gasteiger partial charge on any atom is -0.361 e. The number of anilines is 1. The molecule has 12 nitrogen and oxygen atoms in total. The molecule has 4 atom stereocenters. The second-order valence-electron chi connectivity index (χ2n) is 7.43. The molecule has 0 unspecified atom stereocenters. The van der Waals surface area contributed by atoms with Gasteiger partial charge in [0.05, 0.1) is 6.61 Å². The molecule has 4 heterocycles. The Morgan fingerprint density at radius 1 is 1.31 bits per heavy atom. The van der Waals surface area contributed by atoms with Gasteiger partial charge in [-0.05, 0) is 29.8 Å².